The van der Waals surface area contributed by atoms with Crippen molar-refractivity contribution in [2.45, 2.75) is 77.4 Å². The lowest BCUT2D eigenvalue weighted by Crippen LogP contribution is -2.57. The molecule has 5 atom stereocenters. The lowest BCUT2D eigenvalue weighted by atomic mass is 9.47. The monoisotopic (exact) mass is 525 g/mol. The molecule has 3 aliphatic carbocycles. The van der Waals surface area contributed by atoms with Gasteiger partial charge >= 0.3 is 0 Å². The summed E-state index contributed by atoms with van der Waals surface area (Å²) >= 11 is 1.49. The van der Waals surface area contributed by atoms with Gasteiger partial charge in [0.15, 0.2) is 5.13 Å². The van der Waals surface area contributed by atoms with E-state index in [0.717, 1.165) is 41.8 Å². The molecular weight excluding hydrogens is 486 g/mol. The van der Waals surface area contributed by atoms with Crippen molar-refractivity contribution >= 4 is 28.3 Å². The third kappa shape index (κ3) is 4.72. The molecule has 2 fully saturated rings. The SMILES string of the molecule is CN(Cc1ccccc1)C(=O)CC1c2nc(NC(=O)C3CCC3)sc2CC2C(C)(CO)C(O)CCC12C. The molecule has 2 aromatic rings. The molecule has 3 aliphatic rings. The molecule has 0 saturated heterocycles. The van der Waals surface area contributed by atoms with Gasteiger partial charge in [-0.3, -0.25) is 9.59 Å². The van der Waals surface area contributed by atoms with Crippen LogP contribution in [-0.4, -0.2) is 51.7 Å². The second kappa shape index (κ2) is 10.1. The van der Waals surface area contributed by atoms with Gasteiger partial charge in [0.1, 0.15) is 0 Å². The molecule has 2 amide bonds. The number of nitrogens with zero attached hydrogens (tertiary/aromatic N) is 2. The van der Waals surface area contributed by atoms with Gasteiger partial charge in [-0.25, -0.2) is 4.98 Å². The minimum absolute atomic E-state index is 0.00545. The number of aromatic nitrogens is 1. The smallest absolute Gasteiger partial charge is 0.229 e. The van der Waals surface area contributed by atoms with Gasteiger partial charge in [-0.05, 0) is 49.0 Å². The molecule has 3 N–H and O–H groups in total. The van der Waals surface area contributed by atoms with Crippen LogP contribution in [0.15, 0.2) is 30.3 Å². The fourth-order valence-electron chi connectivity index (χ4n) is 6.85. The van der Waals surface area contributed by atoms with Gasteiger partial charge in [0, 0.05) is 42.1 Å². The summed E-state index contributed by atoms with van der Waals surface area (Å²) in [7, 11) is 1.84. The number of amides is 2. The first-order chi connectivity index (χ1) is 17.7. The predicted molar refractivity (Wildman–Crippen MR) is 144 cm³/mol. The van der Waals surface area contributed by atoms with Gasteiger partial charge in [0.05, 0.1) is 18.4 Å². The number of anilines is 1. The first kappa shape index (κ1) is 26.3. The van der Waals surface area contributed by atoms with Gasteiger partial charge in [-0.1, -0.05) is 50.6 Å². The Hall–Kier alpha value is -2.29. The maximum Gasteiger partial charge on any atom is 0.229 e. The van der Waals surface area contributed by atoms with Crippen molar-refractivity contribution in [2.24, 2.45) is 22.7 Å². The molecule has 37 heavy (non-hydrogen) atoms. The number of carbonyl (C=O) groups excluding carboxylic acids is 2. The van der Waals surface area contributed by atoms with Crippen molar-refractivity contribution in [1.29, 1.82) is 0 Å². The molecule has 0 radical (unpaired) electrons. The zero-order chi connectivity index (χ0) is 26.4. The van der Waals surface area contributed by atoms with Crippen molar-refractivity contribution in [1.82, 2.24) is 9.88 Å². The van der Waals surface area contributed by atoms with Crippen LogP contribution in [0, 0.1) is 22.7 Å². The summed E-state index contributed by atoms with van der Waals surface area (Å²) < 4.78 is 0. The Kier molecular flexibility index (Phi) is 7.20. The highest BCUT2D eigenvalue weighted by Crippen LogP contribution is 2.63. The zero-order valence-corrected chi connectivity index (χ0v) is 22.9. The van der Waals surface area contributed by atoms with Gasteiger partial charge < -0.3 is 20.4 Å². The highest BCUT2D eigenvalue weighted by Gasteiger charge is 2.59. The van der Waals surface area contributed by atoms with Crippen LogP contribution in [0.2, 0.25) is 0 Å². The Balaban J connectivity index is 1.46. The summed E-state index contributed by atoms with van der Waals surface area (Å²) in [5.41, 5.74) is 1.01. The summed E-state index contributed by atoms with van der Waals surface area (Å²) in [5.74, 6) is -0.0127. The molecule has 5 unspecified atom stereocenters. The molecule has 200 valence electrons. The van der Waals surface area contributed by atoms with Crippen LogP contribution in [0.3, 0.4) is 0 Å². The Morgan fingerprint density at radius 1 is 1.19 bits per heavy atom. The molecule has 1 aromatic carbocycles. The Morgan fingerprint density at radius 3 is 2.57 bits per heavy atom. The fourth-order valence-corrected chi connectivity index (χ4v) is 7.92. The molecule has 0 aliphatic heterocycles. The lowest BCUT2D eigenvalue weighted by Gasteiger charge is -2.58. The average molecular weight is 526 g/mol. The van der Waals surface area contributed by atoms with Crippen LogP contribution in [0.4, 0.5) is 5.13 Å². The van der Waals surface area contributed by atoms with E-state index in [-0.39, 0.29) is 41.6 Å². The normalized spacial score (nSPS) is 31.1. The molecule has 1 heterocycles. The first-order valence-corrected chi connectivity index (χ1v) is 14.3. The molecule has 0 bridgehead atoms. The second-order valence-corrected chi connectivity index (χ2v) is 13.0. The third-order valence-electron chi connectivity index (χ3n) is 9.67. The largest absolute Gasteiger partial charge is 0.396 e. The Bertz CT molecular complexity index is 1150. The number of carbonyl (C=O) groups is 2. The maximum absolute atomic E-state index is 13.6. The van der Waals surface area contributed by atoms with Crippen molar-refractivity contribution < 1.29 is 19.8 Å². The first-order valence-electron chi connectivity index (χ1n) is 13.5. The number of thiazole rings is 1. The van der Waals surface area contributed by atoms with Crippen LogP contribution < -0.4 is 5.32 Å². The minimum Gasteiger partial charge on any atom is -0.396 e. The Labute approximate surface area is 223 Å². The number of rotatable bonds is 7. The average Bonchev–Trinajstić information content (AvgIpc) is 3.24. The summed E-state index contributed by atoms with van der Waals surface area (Å²) in [4.78, 5) is 34.0. The van der Waals surface area contributed by atoms with Gasteiger partial charge in [0.2, 0.25) is 11.8 Å². The highest BCUT2D eigenvalue weighted by molar-refractivity contribution is 7.15. The predicted octanol–water partition coefficient (Wildman–Crippen LogP) is 4.35. The van der Waals surface area contributed by atoms with Gasteiger partial charge in [0.25, 0.3) is 0 Å². The quantitative estimate of drug-likeness (QED) is 0.499. The van der Waals surface area contributed by atoms with Crippen LogP contribution in [-0.2, 0) is 22.6 Å². The summed E-state index contributed by atoms with van der Waals surface area (Å²) in [5, 5.41) is 25.1. The van der Waals surface area contributed by atoms with Crippen LogP contribution in [0.5, 0.6) is 0 Å². The van der Waals surface area contributed by atoms with E-state index in [9.17, 15) is 19.8 Å². The lowest BCUT2D eigenvalue weighted by molar-refractivity contribution is -0.147. The number of nitrogens with one attached hydrogen (secondary N) is 1. The zero-order valence-electron chi connectivity index (χ0n) is 22.1. The highest BCUT2D eigenvalue weighted by atomic mass is 32.1. The van der Waals surface area contributed by atoms with Crippen LogP contribution in [0.1, 0.15) is 74.4 Å². The van der Waals surface area contributed by atoms with Gasteiger partial charge in [-0.2, -0.15) is 0 Å². The number of aliphatic hydroxyl groups excluding tert-OH is 2. The van der Waals surface area contributed by atoms with E-state index in [4.69, 9.17) is 4.98 Å². The van der Waals surface area contributed by atoms with E-state index >= 15 is 0 Å². The fraction of sp³-hybridized carbons (Fsp3) is 0.621. The summed E-state index contributed by atoms with van der Waals surface area (Å²) in [6.07, 6.45) is 4.68. The molecule has 0 spiro atoms. The summed E-state index contributed by atoms with van der Waals surface area (Å²) in [6, 6.07) is 9.96. The summed E-state index contributed by atoms with van der Waals surface area (Å²) in [6.45, 7) is 4.61. The van der Waals surface area contributed by atoms with Crippen LogP contribution >= 0.6 is 11.3 Å². The topological polar surface area (TPSA) is 103 Å². The van der Waals surface area contributed by atoms with E-state index in [0.29, 0.717) is 30.9 Å². The molecule has 8 heteroatoms. The van der Waals surface area contributed by atoms with E-state index in [1.54, 1.807) is 4.90 Å². The standard InChI is InChI=1S/C29H39N3O4S/c1-28-13-12-23(34)29(2,17-33)22(28)15-21-25(30-27(37-21)31-26(36)19-10-7-11-19)20(28)14-24(35)32(3)16-18-8-5-4-6-9-18/h4-6,8-9,19-20,22-23,33-34H,7,10-17H2,1-3H3,(H,30,31,36). The van der Waals surface area contributed by atoms with Gasteiger partial charge in [-0.15, -0.1) is 11.3 Å². The molecular formula is C29H39N3O4S. The third-order valence-corrected chi connectivity index (χ3v) is 10.7. The number of aliphatic hydroxyl groups is 2. The van der Waals surface area contributed by atoms with Crippen LogP contribution in [0.25, 0.3) is 0 Å². The number of benzene rings is 1. The van der Waals surface area contributed by atoms with Crippen molar-refractivity contribution in [3.63, 3.8) is 0 Å². The number of hydrogen-bond acceptors (Lipinski definition) is 6. The molecule has 1 aromatic heterocycles. The number of fused-ring (bicyclic) bond motifs is 2. The maximum atomic E-state index is 13.6. The Morgan fingerprint density at radius 2 is 1.92 bits per heavy atom. The van der Waals surface area contributed by atoms with Crippen molar-refractivity contribution in [3.8, 4) is 0 Å². The molecule has 2 saturated carbocycles. The molecule has 5 rings (SSSR count). The van der Waals surface area contributed by atoms with E-state index in [1.165, 1.54) is 11.3 Å². The van der Waals surface area contributed by atoms with Crippen molar-refractivity contribution in [3.05, 3.63) is 46.5 Å². The molecule has 7 nitrogen and oxygen atoms in total. The van der Waals surface area contributed by atoms with Crippen molar-refractivity contribution in [2.75, 3.05) is 19.0 Å². The second-order valence-electron chi connectivity index (χ2n) is 11.9. The number of hydrogen-bond donors (Lipinski definition) is 3. The van der Waals surface area contributed by atoms with E-state index in [1.807, 2.05) is 44.3 Å². The van der Waals surface area contributed by atoms with E-state index in [2.05, 4.69) is 12.2 Å². The van der Waals surface area contributed by atoms with E-state index < -0.39 is 11.5 Å². The minimum atomic E-state index is -0.665.